The quantitative estimate of drug-likeness (QED) is 0.345. The van der Waals surface area contributed by atoms with Crippen LogP contribution in [0.3, 0.4) is 0 Å². The molecule has 31 heavy (non-hydrogen) atoms. The first kappa shape index (κ1) is 23.6. The Morgan fingerprint density at radius 2 is 1.68 bits per heavy atom. The third kappa shape index (κ3) is 5.80. The molecule has 1 saturated carbocycles. The molecular formula is C23H23CoF5O2. The number of hydrogen-bond acceptors (Lipinski definition) is 2. The second-order valence-electron chi connectivity index (χ2n) is 7.57. The summed E-state index contributed by atoms with van der Waals surface area (Å²) in [6, 6.07) is 5.85. The molecule has 0 radical (unpaired) electrons. The van der Waals surface area contributed by atoms with Crippen LogP contribution in [0.2, 0.25) is 0 Å². The molecule has 2 aromatic rings. The Kier molecular flexibility index (Phi) is 7.99. The van der Waals surface area contributed by atoms with Crippen LogP contribution >= 0.6 is 0 Å². The zero-order chi connectivity index (χ0) is 22.5. The van der Waals surface area contributed by atoms with E-state index >= 15 is 0 Å². The summed E-state index contributed by atoms with van der Waals surface area (Å²) in [6.45, 7) is 2.17. The van der Waals surface area contributed by atoms with Crippen LogP contribution in [-0.2, 0) is 17.5 Å². The van der Waals surface area contributed by atoms with Crippen LogP contribution in [0.15, 0.2) is 42.7 Å². The van der Waals surface area contributed by atoms with Gasteiger partial charge in [-0.05, 0) is 0 Å². The standard InChI is InChI=1S/C15H20F.C8H3F4O.Co.O/c1-2-4-12-7-9-13(10-8-12)14-5-3-6-15(16)11-14;9-5-2-1-3-6(10)8(5)13-4-7(11)12;;/h3,5,11-13H,2,4,7-10H2,1H3;2-4H;;. The van der Waals surface area contributed by atoms with Crippen molar-refractivity contribution in [3.8, 4) is 5.75 Å². The van der Waals surface area contributed by atoms with Gasteiger partial charge in [0.1, 0.15) is 0 Å². The van der Waals surface area contributed by atoms with Gasteiger partial charge in [0, 0.05) is 0 Å². The van der Waals surface area contributed by atoms with Gasteiger partial charge in [-0.25, -0.2) is 0 Å². The summed E-state index contributed by atoms with van der Waals surface area (Å²) in [5.41, 5.74) is 0.834. The van der Waals surface area contributed by atoms with Crippen molar-refractivity contribution in [1.82, 2.24) is 0 Å². The van der Waals surface area contributed by atoms with Crippen molar-refractivity contribution in [3.63, 3.8) is 0 Å². The average Bonchev–Trinajstić information content (AvgIpc) is 2.73. The predicted octanol–water partition coefficient (Wildman–Crippen LogP) is 6.21. The van der Waals surface area contributed by atoms with E-state index in [-0.39, 0.29) is 21.2 Å². The summed E-state index contributed by atoms with van der Waals surface area (Å²) in [7, 11) is 0. The fourth-order valence-corrected chi connectivity index (χ4v) is 5.41. The molecule has 0 amide bonds. The van der Waals surface area contributed by atoms with Gasteiger partial charge in [-0.15, -0.1) is 0 Å². The summed E-state index contributed by atoms with van der Waals surface area (Å²) in [5.74, 6) is -3.41. The molecule has 0 spiro atoms. The molecule has 0 bridgehead atoms. The second-order valence-corrected chi connectivity index (χ2v) is 9.42. The molecule has 0 aromatic heterocycles. The van der Waals surface area contributed by atoms with Gasteiger partial charge in [-0.1, -0.05) is 0 Å². The number of ether oxygens (including phenoxy) is 1. The van der Waals surface area contributed by atoms with E-state index in [1.165, 1.54) is 18.6 Å². The van der Waals surface area contributed by atoms with Crippen LogP contribution in [-0.4, -0.2) is 0 Å². The molecule has 1 aliphatic carbocycles. The molecule has 2 aromatic carbocycles. The first-order valence-electron chi connectivity index (χ1n) is 10.1. The van der Waals surface area contributed by atoms with E-state index in [1.54, 1.807) is 6.07 Å². The Morgan fingerprint density at radius 1 is 1.03 bits per heavy atom. The Hall–Kier alpha value is -2.06. The van der Waals surface area contributed by atoms with E-state index in [1.807, 2.05) is 0 Å². The molecule has 3 rings (SSSR count). The number of benzene rings is 2. The fourth-order valence-electron chi connectivity index (χ4n) is 4.00. The normalized spacial score (nSPS) is 19.1. The number of hydrogen-bond donors (Lipinski definition) is 0. The van der Waals surface area contributed by atoms with Gasteiger partial charge in [0.25, 0.3) is 0 Å². The zero-order valence-electron chi connectivity index (χ0n) is 16.9. The minimum atomic E-state index is -2.60. The fraction of sp³-hybridized carbons (Fsp3) is 0.391. The topological polar surface area (TPSA) is 26.3 Å². The van der Waals surface area contributed by atoms with E-state index in [0.717, 1.165) is 37.7 Å². The molecule has 0 heterocycles. The third-order valence-corrected chi connectivity index (χ3v) is 7.27. The van der Waals surface area contributed by atoms with Gasteiger partial charge in [0.2, 0.25) is 0 Å². The number of rotatable bonds is 7. The van der Waals surface area contributed by atoms with E-state index in [2.05, 4.69) is 11.7 Å². The van der Waals surface area contributed by atoms with E-state index in [0.29, 0.717) is 18.1 Å². The minimum absolute atomic E-state index is 0.102. The summed E-state index contributed by atoms with van der Waals surface area (Å²) in [6.07, 6.45) is 4.14. The van der Waals surface area contributed by atoms with Crippen LogP contribution < -0.4 is 13.7 Å². The van der Waals surface area contributed by atoms with Gasteiger partial charge in [-0.3, -0.25) is 0 Å². The van der Waals surface area contributed by atoms with Crippen LogP contribution in [0, 0.1) is 23.4 Å². The number of halogens is 5. The monoisotopic (exact) mass is 485 g/mol. The average molecular weight is 485 g/mol. The van der Waals surface area contributed by atoms with Crippen molar-refractivity contribution in [2.75, 3.05) is 0 Å². The van der Waals surface area contributed by atoms with Crippen molar-refractivity contribution in [2.24, 2.45) is 5.92 Å². The van der Waals surface area contributed by atoms with Crippen molar-refractivity contribution < 1.29 is 44.1 Å². The van der Waals surface area contributed by atoms with E-state index < -0.39 is 42.9 Å². The summed E-state index contributed by atoms with van der Waals surface area (Å²) in [4.78, 5) is 0. The van der Waals surface area contributed by atoms with Crippen molar-refractivity contribution >= 4 is 9.00 Å². The molecule has 0 N–H and O–H groups in total. The third-order valence-electron chi connectivity index (χ3n) is 5.49. The van der Waals surface area contributed by atoms with Crippen LogP contribution in [0.25, 0.3) is 0 Å². The van der Waals surface area contributed by atoms with Crippen molar-refractivity contribution in [2.45, 2.75) is 51.4 Å². The molecule has 1 aliphatic rings. The summed E-state index contributed by atoms with van der Waals surface area (Å²) < 4.78 is 83.6. The van der Waals surface area contributed by atoms with Crippen molar-refractivity contribution in [1.29, 1.82) is 0 Å². The molecule has 1 fully saturated rings. The molecule has 8 heteroatoms. The molecular weight excluding hydrogens is 462 g/mol. The first-order valence-corrected chi connectivity index (χ1v) is 11.5. The van der Waals surface area contributed by atoms with Gasteiger partial charge < -0.3 is 0 Å². The van der Waals surface area contributed by atoms with Crippen LogP contribution in [0.4, 0.5) is 22.0 Å². The van der Waals surface area contributed by atoms with Gasteiger partial charge in [0.05, 0.1) is 0 Å². The molecule has 0 saturated heterocycles. The van der Waals surface area contributed by atoms with Crippen LogP contribution in [0.1, 0.15) is 56.9 Å². The second kappa shape index (κ2) is 10.5. The SMILES string of the molecule is CCCC1CCC(c2cc[c]([Co](=[O])[c]3cc(F)c(OC=C(F)F)c(F)c3)c(F)c2)CC1. The molecule has 0 aliphatic heterocycles. The maximum atomic E-state index is 14.7. The van der Waals surface area contributed by atoms with E-state index in [4.69, 9.17) is 0 Å². The Balaban J connectivity index is 1.77. The Morgan fingerprint density at radius 3 is 2.23 bits per heavy atom. The molecule has 0 atom stereocenters. The Labute approximate surface area is 182 Å². The van der Waals surface area contributed by atoms with Crippen LogP contribution in [0.5, 0.6) is 5.75 Å². The van der Waals surface area contributed by atoms with E-state index in [9.17, 15) is 25.8 Å². The maximum absolute atomic E-state index is 14.7. The van der Waals surface area contributed by atoms with Crippen molar-refractivity contribution in [3.05, 3.63) is 65.7 Å². The zero-order valence-corrected chi connectivity index (χ0v) is 17.9. The van der Waals surface area contributed by atoms with Gasteiger partial charge >= 0.3 is 182 Å². The van der Waals surface area contributed by atoms with Gasteiger partial charge in [0.15, 0.2) is 0 Å². The molecule has 2 nitrogen and oxygen atoms in total. The van der Waals surface area contributed by atoms with Gasteiger partial charge in [-0.2, -0.15) is 0 Å². The molecule has 171 valence electrons. The summed E-state index contributed by atoms with van der Waals surface area (Å²) in [5, 5.41) is 0. The first-order chi connectivity index (χ1) is 14.8. The molecule has 0 unspecified atom stereocenters. The Bertz CT molecular complexity index is 957. The predicted molar refractivity (Wildman–Crippen MR) is 103 cm³/mol. The summed E-state index contributed by atoms with van der Waals surface area (Å²) >= 11 is -2.60.